The Labute approximate surface area is 94.4 Å². The van der Waals surface area contributed by atoms with E-state index < -0.39 is 12.1 Å². The van der Waals surface area contributed by atoms with E-state index in [2.05, 4.69) is 14.8 Å². The van der Waals surface area contributed by atoms with Gasteiger partial charge in [-0.25, -0.2) is 0 Å². The van der Waals surface area contributed by atoms with Crippen LogP contribution in [0.2, 0.25) is 0 Å². The van der Waals surface area contributed by atoms with Gasteiger partial charge in [0.05, 0.1) is 13.2 Å². The van der Waals surface area contributed by atoms with Gasteiger partial charge in [-0.05, 0) is 17.7 Å². The van der Waals surface area contributed by atoms with Crippen molar-refractivity contribution in [3.63, 3.8) is 0 Å². The molecule has 5 nitrogen and oxygen atoms in total. The number of para-hydroxylation sites is 2. The van der Waals surface area contributed by atoms with E-state index in [-0.39, 0.29) is 18.9 Å². The zero-order valence-corrected chi connectivity index (χ0v) is 8.52. The highest BCUT2D eigenvalue weighted by molar-refractivity contribution is 5.39. The molecule has 0 unspecified atom stereocenters. The van der Waals surface area contributed by atoms with Gasteiger partial charge in [0.25, 0.3) is 0 Å². The summed E-state index contributed by atoms with van der Waals surface area (Å²) in [6, 6.07) is 5.36. The third-order valence-electron chi connectivity index (χ3n) is 1.59. The molecule has 1 rings (SSSR count). The number of alkyl halides is 3. The molecule has 0 N–H and O–H groups in total. The summed E-state index contributed by atoms with van der Waals surface area (Å²) in [6.07, 6.45) is -4.77. The van der Waals surface area contributed by atoms with E-state index in [4.69, 9.17) is 10.3 Å². The lowest BCUT2D eigenvalue weighted by atomic mass is 10.3. The van der Waals surface area contributed by atoms with E-state index >= 15 is 0 Å². The fourth-order valence-corrected chi connectivity index (χ4v) is 1.02. The quantitative estimate of drug-likeness (QED) is 0.347. The van der Waals surface area contributed by atoms with Crippen LogP contribution in [0.4, 0.5) is 13.2 Å². The first-order valence-electron chi connectivity index (χ1n) is 4.51. The molecular weight excluding hydrogens is 239 g/mol. The first-order chi connectivity index (χ1) is 8.03. The van der Waals surface area contributed by atoms with Crippen LogP contribution in [0, 0.1) is 0 Å². The predicted molar refractivity (Wildman–Crippen MR) is 52.6 cm³/mol. The molecule has 0 spiro atoms. The molecule has 0 heterocycles. The second kappa shape index (κ2) is 5.86. The maximum absolute atomic E-state index is 12.0. The molecule has 0 radical (unpaired) electrons. The number of ether oxygens (including phenoxy) is 2. The minimum Gasteiger partial charge on any atom is -0.490 e. The molecule has 17 heavy (non-hydrogen) atoms. The molecule has 0 aliphatic carbocycles. The van der Waals surface area contributed by atoms with Crippen LogP contribution in [0.1, 0.15) is 0 Å². The van der Waals surface area contributed by atoms with Crippen LogP contribution in [0.5, 0.6) is 11.5 Å². The summed E-state index contributed by atoms with van der Waals surface area (Å²) in [7, 11) is 0. The Hall–Kier alpha value is -2.08. The van der Waals surface area contributed by atoms with Crippen molar-refractivity contribution in [3.05, 3.63) is 34.7 Å². The molecule has 1 aromatic rings. The highest BCUT2D eigenvalue weighted by Gasteiger charge is 2.32. The highest BCUT2D eigenvalue weighted by atomic mass is 19.4. The van der Waals surface area contributed by atoms with E-state index in [1.807, 2.05) is 0 Å². The van der Waals surface area contributed by atoms with E-state index in [9.17, 15) is 13.2 Å². The van der Waals surface area contributed by atoms with Crippen molar-refractivity contribution in [2.45, 2.75) is 6.36 Å². The molecule has 0 saturated heterocycles. The van der Waals surface area contributed by atoms with E-state index in [0.717, 1.165) is 6.07 Å². The Morgan fingerprint density at radius 3 is 2.47 bits per heavy atom. The van der Waals surface area contributed by atoms with Crippen LogP contribution in [0.3, 0.4) is 0 Å². The van der Waals surface area contributed by atoms with Gasteiger partial charge < -0.3 is 9.47 Å². The fourth-order valence-electron chi connectivity index (χ4n) is 1.02. The first kappa shape index (κ1) is 13.0. The van der Waals surface area contributed by atoms with E-state index in [1.165, 1.54) is 18.2 Å². The molecule has 0 fully saturated rings. The van der Waals surface area contributed by atoms with Crippen molar-refractivity contribution >= 4 is 0 Å². The second-order valence-corrected chi connectivity index (χ2v) is 2.80. The molecular formula is C9H8F3N3O2. The highest BCUT2D eigenvalue weighted by Crippen LogP contribution is 2.31. The molecule has 0 bridgehead atoms. The zero-order chi connectivity index (χ0) is 12.7. The van der Waals surface area contributed by atoms with Crippen molar-refractivity contribution in [2.24, 2.45) is 5.11 Å². The Morgan fingerprint density at radius 2 is 1.88 bits per heavy atom. The molecule has 0 atom stereocenters. The number of nitrogens with zero attached hydrogens (tertiary/aromatic N) is 3. The standard InChI is InChI=1S/C9H8F3N3O2/c10-9(11,12)17-8-4-2-1-3-7(8)16-6-5-14-15-13/h1-4H,5-6H2. The second-order valence-electron chi connectivity index (χ2n) is 2.80. The van der Waals surface area contributed by atoms with E-state index in [1.54, 1.807) is 0 Å². The van der Waals surface area contributed by atoms with Crippen LogP contribution in [-0.2, 0) is 0 Å². The molecule has 0 aromatic heterocycles. The topological polar surface area (TPSA) is 67.2 Å². The summed E-state index contributed by atoms with van der Waals surface area (Å²) < 4.78 is 44.8. The monoisotopic (exact) mass is 247 g/mol. The number of azide groups is 1. The molecule has 0 aliphatic rings. The lowest BCUT2D eigenvalue weighted by molar-refractivity contribution is -0.275. The number of hydrogen-bond donors (Lipinski definition) is 0. The zero-order valence-electron chi connectivity index (χ0n) is 8.52. The summed E-state index contributed by atoms with van der Waals surface area (Å²) in [5.74, 6) is -0.487. The van der Waals surface area contributed by atoms with Gasteiger partial charge in [-0.3, -0.25) is 0 Å². The van der Waals surface area contributed by atoms with Gasteiger partial charge in [0.15, 0.2) is 11.5 Å². The van der Waals surface area contributed by atoms with Gasteiger partial charge in [-0.15, -0.1) is 13.2 Å². The third-order valence-corrected chi connectivity index (χ3v) is 1.59. The van der Waals surface area contributed by atoms with Crippen LogP contribution in [0.15, 0.2) is 29.4 Å². The third kappa shape index (κ3) is 4.98. The molecule has 1 aromatic carbocycles. The van der Waals surface area contributed by atoms with Crippen molar-refractivity contribution in [3.8, 4) is 11.5 Å². The fraction of sp³-hybridized carbons (Fsp3) is 0.333. The Balaban J connectivity index is 2.67. The van der Waals surface area contributed by atoms with Crippen LogP contribution >= 0.6 is 0 Å². The molecule has 0 amide bonds. The Bertz CT molecular complexity index is 416. The van der Waals surface area contributed by atoms with Gasteiger partial charge in [-0.1, -0.05) is 17.2 Å². The van der Waals surface area contributed by atoms with Gasteiger partial charge in [-0.2, -0.15) is 0 Å². The summed E-state index contributed by atoms with van der Waals surface area (Å²) >= 11 is 0. The van der Waals surface area contributed by atoms with Gasteiger partial charge in [0.1, 0.15) is 0 Å². The summed E-state index contributed by atoms with van der Waals surface area (Å²) in [4.78, 5) is 2.48. The maximum Gasteiger partial charge on any atom is 0.573 e. The predicted octanol–water partition coefficient (Wildman–Crippen LogP) is 3.27. The lowest BCUT2D eigenvalue weighted by Crippen LogP contribution is -2.18. The number of halogens is 3. The van der Waals surface area contributed by atoms with Crippen LogP contribution in [-0.4, -0.2) is 19.5 Å². The molecule has 8 heteroatoms. The van der Waals surface area contributed by atoms with Crippen LogP contribution < -0.4 is 9.47 Å². The van der Waals surface area contributed by atoms with Crippen molar-refractivity contribution < 1.29 is 22.6 Å². The number of hydrogen-bond acceptors (Lipinski definition) is 3. The average Bonchev–Trinajstić information content (AvgIpc) is 2.24. The minimum atomic E-state index is -4.77. The first-order valence-corrected chi connectivity index (χ1v) is 4.51. The van der Waals surface area contributed by atoms with Crippen LogP contribution in [0.25, 0.3) is 10.4 Å². The summed E-state index contributed by atoms with van der Waals surface area (Å²) in [5.41, 5.74) is 8.00. The smallest absolute Gasteiger partial charge is 0.490 e. The number of rotatable bonds is 5. The minimum absolute atomic E-state index is 0.0247. The maximum atomic E-state index is 12.0. The lowest BCUT2D eigenvalue weighted by Gasteiger charge is -2.13. The van der Waals surface area contributed by atoms with Crippen molar-refractivity contribution in [2.75, 3.05) is 13.2 Å². The SMILES string of the molecule is [N-]=[N+]=NCCOc1ccccc1OC(F)(F)F. The Morgan fingerprint density at radius 1 is 1.24 bits per heavy atom. The van der Waals surface area contributed by atoms with Gasteiger partial charge >= 0.3 is 6.36 Å². The average molecular weight is 247 g/mol. The van der Waals surface area contributed by atoms with E-state index in [0.29, 0.717) is 0 Å². The Kier molecular flexibility index (Phi) is 4.47. The molecule has 0 saturated carbocycles. The molecule has 92 valence electrons. The number of benzene rings is 1. The van der Waals surface area contributed by atoms with Gasteiger partial charge in [0, 0.05) is 4.91 Å². The largest absolute Gasteiger partial charge is 0.573 e. The van der Waals surface area contributed by atoms with Crippen molar-refractivity contribution in [1.82, 2.24) is 0 Å². The van der Waals surface area contributed by atoms with Crippen molar-refractivity contribution in [1.29, 1.82) is 0 Å². The summed E-state index contributed by atoms with van der Waals surface area (Å²) in [6.45, 7) is -0.000851. The molecule has 0 aliphatic heterocycles. The van der Waals surface area contributed by atoms with Gasteiger partial charge in [0.2, 0.25) is 0 Å². The normalized spacial score (nSPS) is 10.5. The summed E-state index contributed by atoms with van der Waals surface area (Å²) in [5, 5.41) is 3.18.